The van der Waals surface area contributed by atoms with Crippen LogP contribution in [-0.2, 0) is 12.4 Å². The SMILES string of the molecule is O=C(Nc1cc(Cl)ccc1O)c1cc(C(F)(F)F)cc(C(F)(F)F)c1. The van der Waals surface area contributed by atoms with E-state index in [1.165, 1.54) is 6.07 Å². The molecule has 2 N–H and O–H groups in total. The van der Waals surface area contributed by atoms with Crippen molar-refractivity contribution >= 4 is 23.2 Å². The summed E-state index contributed by atoms with van der Waals surface area (Å²) >= 11 is 5.66. The number of nitrogens with one attached hydrogen (secondary N) is 1. The van der Waals surface area contributed by atoms with Gasteiger partial charge in [-0.05, 0) is 36.4 Å². The monoisotopic (exact) mass is 383 g/mol. The molecule has 0 aromatic heterocycles. The fourth-order valence-corrected chi connectivity index (χ4v) is 2.06. The minimum atomic E-state index is -5.07. The molecular formula is C15H8ClF6NO2. The van der Waals surface area contributed by atoms with Crippen LogP contribution in [0.2, 0.25) is 5.02 Å². The number of halogens is 7. The van der Waals surface area contributed by atoms with Crippen LogP contribution in [0.3, 0.4) is 0 Å². The standard InChI is InChI=1S/C15H8ClF6NO2/c16-10-1-2-12(24)11(6-10)23-13(25)7-3-8(14(17,18)19)5-9(4-7)15(20,21)22/h1-6,24H,(H,23,25). The third-order valence-corrected chi connectivity index (χ3v) is 3.29. The average molecular weight is 384 g/mol. The molecule has 0 radical (unpaired) electrons. The minimum absolute atomic E-state index is 0.0896. The van der Waals surface area contributed by atoms with Gasteiger partial charge in [-0.2, -0.15) is 26.3 Å². The van der Waals surface area contributed by atoms with Gasteiger partial charge in [0, 0.05) is 10.6 Å². The van der Waals surface area contributed by atoms with Crippen LogP contribution in [0.1, 0.15) is 21.5 Å². The first kappa shape index (κ1) is 18.9. The van der Waals surface area contributed by atoms with Crippen LogP contribution in [0.4, 0.5) is 32.0 Å². The Kier molecular flexibility index (Phi) is 4.90. The summed E-state index contributed by atoms with van der Waals surface area (Å²) in [5.74, 6) is -1.73. The van der Waals surface area contributed by atoms with Gasteiger partial charge in [0.15, 0.2) is 0 Å². The highest BCUT2D eigenvalue weighted by atomic mass is 35.5. The number of carbonyl (C=O) groups excluding carboxylic acids is 1. The number of rotatable bonds is 2. The highest BCUT2D eigenvalue weighted by Gasteiger charge is 2.37. The van der Waals surface area contributed by atoms with E-state index in [-0.39, 0.29) is 28.9 Å². The van der Waals surface area contributed by atoms with Gasteiger partial charge in [0.1, 0.15) is 5.75 Å². The van der Waals surface area contributed by atoms with Crippen LogP contribution >= 0.6 is 11.6 Å². The summed E-state index contributed by atoms with van der Waals surface area (Å²) in [6.07, 6.45) is -10.1. The molecule has 0 bridgehead atoms. The van der Waals surface area contributed by atoms with Gasteiger partial charge >= 0.3 is 12.4 Å². The quantitative estimate of drug-likeness (QED) is 0.543. The highest BCUT2D eigenvalue weighted by molar-refractivity contribution is 6.31. The number of hydrogen-bond donors (Lipinski definition) is 2. The molecule has 3 nitrogen and oxygen atoms in total. The van der Waals surface area contributed by atoms with Crippen LogP contribution < -0.4 is 5.32 Å². The second-order valence-electron chi connectivity index (χ2n) is 4.91. The predicted molar refractivity (Wildman–Crippen MR) is 77.5 cm³/mol. The number of amides is 1. The molecule has 0 unspecified atom stereocenters. The molecular weight excluding hydrogens is 376 g/mol. The Morgan fingerprint density at radius 3 is 1.92 bits per heavy atom. The summed E-state index contributed by atoms with van der Waals surface area (Å²) in [6.45, 7) is 0. The van der Waals surface area contributed by atoms with Crippen LogP contribution in [0.5, 0.6) is 5.75 Å². The van der Waals surface area contributed by atoms with E-state index in [0.29, 0.717) is 0 Å². The lowest BCUT2D eigenvalue weighted by Crippen LogP contribution is -2.17. The lowest BCUT2D eigenvalue weighted by Gasteiger charge is -2.14. The molecule has 0 saturated heterocycles. The minimum Gasteiger partial charge on any atom is -0.506 e. The summed E-state index contributed by atoms with van der Waals surface area (Å²) in [6, 6.07) is 3.95. The van der Waals surface area contributed by atoms with Crippen LogP contribution in [0.25, 0.3) is 0 Å². The van der Waals surface area contributed by atoms with Gasteiger partial charge in [-0.15, -0.1) is 0 Å². The van der Waals surface area contributed by atoms with Gasteiger partial charge in [-0.25, -0.2) is 0 Å². The van der Waals surface area contributed by atoms with Crippen molar-refractivity contribution in [3.8, 4) is 5.75 Å². The molecule has 0 aliphatic rings. The van der Waals surface area contributed by atoms with E-state index in [1.54, 1.807) is 0 Å². The highest BCUT2D eigenvalue weighted by Crippen LogP contribution is 2.36. The van der Waals surface area contributed by atoms with E-state index in [4.69, 9.17) is 11.6 Å². The van der Waals surface area contributed by atoms with E-state index < -0.39 is 40.7 Å². The maximum absolute atomic E-state index is 12.8. The molecule has 134 valence electrons. The van der Waals surface area contributed by atoms with Gasteiger partial charge in [0.05, 0.1) is 16.8 Å². The largest absolute Gasteiger partial charge is 0.506 e. The molecule has 25 heavy (non-hydrogen) atoms. The van der Waals surface area contributed by atoms with E-state index in [2.05, 4.69) is 0 Å². The Bertz CT molecular complexity index is 784. The van der Waals surface area contributed by atoms with Crippen molar-refractivity contribution in [2.75, 3.05) is 5.32 Å². The van der Waals surface area contributed by atoms with E-state index in [0.717, 1.165) is 12.1 Å². The van der Waals surface area contributed by atoms with Gasteiger partial charge < -0.3 is 10.4 Å². The molecule has 0 saturated carbocycles. The van der Waals surface area contributed by atoms with Crippen molar-refractivity contribution in [3.05, 3.63) is 58.1 Å². The number of phenolic OH excluding ortho intramolecular Hbond substituents is 1. The van der Waals surface area contributed by atoms with Crippen molar-refractivity contribution in [3.63, 3.8) is 0 Å². The van der Waals surface area contributed by atoms with Gasteiger partial charge in [0.25, 0.3) is 5.91 Å². The summed E-state index contributed by atoms with van der Waals surface area (Å²) in [5.41, 5.74) is -4.38. The molecule has 0 spiro atoms. The molecule has 2 rings (SSSR count). The maximum atomic E-state index is 12.8. The second-order valence-corrected chi connectivity index (χ2v) is 5.35. The Balaban J connectivity index is 2.46. The van der Waals surface area contributed by atoms with Gasteiger partial charge in [0.2, 0.25) is 0 Å². The van der Waals surface area contributed by atoms with Crippen molar-refractivity contribution in [1.82, 2.24) is 0 Å². The average Bonchev–Trinajstić information content (AvgIpc) is 2.48. The number of carbonyl (C=O) groups is 1. The first-order valence-electron chi connectivity index (χ1n) is 6.47. The van der Waals surface area contributed by atoms with Crippen molar-refractivity contribution in [1.29, 1.82) is 0 Å². The predicted octanol–water partition coefficient (Wildman–Crippen LogP) is 5.34. The smallest absolute Gasteiger partial charge is 0.416 e. The van der Waals surface area contributed by atoms with Crippen molar-refractivity contribution < 1.29 is 36.2 Å². The fourth-order valence-electron chi connectivity index (χ4n) is 1.89. The molecule has 0 aliphatic heterocycles. The van der Waals surface area contributed by atoms with Crippen LogP contribution in [0.15, 0.2) is 36.4 Å². The molecule has 0 aliphatic carbocycles. The lowest BCUT2D eigenvalue weighted by atomic mass is 10.0. The summed E-state index contributed by atoms with van der Waals surface area (Å²) < 4.78 is 76.7. The Morgan fingerprint density at radius 2 is 1.44 bits per heavy atom. The number of benzene rings is 2. The number of aromatic hydroxyl groups is 1. The number of phenols is 1. The summed E-state index contributed by atoms with van der Waals surface area (Å²) in [4.78, 5) is 12.0. The van der Waals surface area contributed by atoms with Crippen LogP contribution in [-0.4, -0.2) is 11.0 Å². The zero-order chi connectivity index (χ0) is 19.0. The van der Waals surface area contributed by atoms with E-state index in [9.17, 15) is 36.2 Å². The first-order chi connectivity index (χ1) is 11.4. The van der Waals surface area contributed by atoms with E-state index >= 15 is 0 Å². The van der Waals surface area contributed by atoms with Gasteiger partial charge in [-0.1, -0.05) is 11.6 Å². The molecule has 0 atom stereocenters. The molecule has 10 heteroatoms. The second kappa shape index (κ2) is 6.47. The first-order valence-corrected chi connectivity index (χ1v) is 6.85. The fraction of sp³-hybridized carbons (Fsp3) is 0.133. The number of anilines is 1. The Morgan fingerprint density at radius 1 is 0.920 bits per heavy atom. The molecule has 0 heterocycles. The Hall–Kier alpha value is -2.42. The molecule has 1 amide bonds. The van der Waals surface area contributed by atoms with Crippen molar-refractivity contribution in [2.24, 2.45) is 0 Å². The summed E-state index contributed by atoms with van der Waals surface area (Å²) in [7, 11) is 0. The molecule has 2 aromatic carbocycles. The zero-order valence-corrected chi connectivity index (χ0v) is 12.7. The van der Waals surface area contributed by atoms with Crippen LogP contribution in [0, 0.1) is 0 Å². The number of alkyl halides is 6. The van der Waals surface area contributed by atoms with Gasteiger partial charge in [-0.3, -0.25) is 4.79 Å². The topological polar surface area (TPSA) is 49.3 Å². The third-order valence-electron chi connectivity index (χ3n) is 3.06. The normalized spacial score (nSPS) is 12.1. The summed E-state index contributed by atoms with van der Waals surface area (Å²) in [5, 5.41) is 11.7. The zero-order valence-electron chi connectivity index (χ0n) is 12.0. The van der Waals surface area contributed by atoms with Crippen molar-refractivity contribution in [2.45, 2.75) is 12.4 Å². The Labute approximate surface area is 141 Å². The third kappa shape index (κ3) is 4.56. The maximum Gasteiger partial charge on any atom is 0.416 e. The molecule has 2 aromatic rings. The number of hydrogen-bond acceptors (Lipinski definition) is 2. The molecule has 0 fully saturated rings. The van der Waals surface area contributed by atoms with E-state index in [1.807, 2.05) is 5.32 Å². The lowest BCUT2D eigenvalue weighted by molar-refractivity contribution is -0.143.